The number of hydrogen-bond acceptors (Lipinski definition) is 3. The van der Waals surface area contributed by atoms with E-state index in [1.807, 2.05) is 18.5 Å². The van der Waals surface area contributed by atoms with Crippen LogP contribution in [0.3, 0.4) is 0 Å². The second-order valence-electron chi connectivity index (χ2n) is 5.12. The lowest BCUT2D eigenvalue weighted by atomic mass is 9.92. The van der Waals surface area contributed by atoms with Gasteiger partial charge in [-0.25, -0.2) is 0 Å². The Morgan fingerprint density at radius 2 is 2.35 bits per heavy atom. The standard InChI is InChI=1S/C14H23N3/c1-11-10-17(8-6-14(11)15-3)12(2)13-5-4-7-16-9-13/h4-5,7,9,11-12,14-15H,6,8,10H2,1-3H3. The highest BCUT2D eigenvalue weighted by Gasteiger charge is 2.27. The third-order valence-corrected chi connectivity index (χ3v) is 4.02. The third kappa shape index (κ3) is 2.85. The van der Waals surface area contributed by atoms with Crippen LogP contribution in [0.1, 0.15) is 31.9 Å². The molecule has 3 unspecified atom stereocenters. The van der Waals surface area contributed by atoms with Gasteiger partial charge in [0.25, 0.3) is 0 Å². The molecule has 2 heterocycles. The van der Waals surface area contributed by atoms with Crippen LogP contribution < -0.4 is 5.32 Å². The Bertz CT molecular complexity index is 339. The molecule has 2 rings (SSSR count). The molecular formula is C14H23N3. The van der Waals surface area contributed by atoms with Gasteiger partial charge in [-0.2, -0.15) is 0 Å². The molecule has 0 amide bonds. The molecule has 0 bridgehead atoms. The molecule has 1 saturated heterocycles. The topological polar surface area (TPSA) is 28.2 Å². The lowest BCUT2D eigenvalue weighted by Crippen LogP contribution is -2.47. The number of nitrogens with one attached hydrogen (secondary N) is 1. The lowest BCUT2D eigenvalue weighted by Gasteiger charge is -2.40. The highest BCUT2D eigenvalue weighted by molar-refractivity contribution is 5.13. The monoisotopic (exact) mass is 233 g/mol. The number of piperidine rings is 1. The van der Waals surface area contributed by atoms with E-state index in [2.05, 4.69) is 42.2 Å². The molecule has 1 fully saturated rings. The smallest absolute Gasteiger partial charge is 0.0335 e. The van der Waals surface area contributed by atoms with Crippen LogP contribution >= 0.6 is 0 Å². The number of aromatic nitrogens is 1. The molecule has 1 aromatic rings. The van der Waals surface area contributed by atoms with Gasteiger partial charge in [-0.05, 0) is 37.9 Å². The van der Waals surface area contributed by atoms with Gasteiger partial charge in [0.05, 0.1) is 0 Å². The summed E-state index contributed by atoms with van der Waals surface area (Å²) in [6, 6.07) is 5.35. The van der Waals surface area contributed by atoms with Crippen LogP contribution in [0.15, 0.2) is 24.5 Å². The molecule has 1 N–H and O–H groups in total. The summed E-state index contributed by atoms with van der Waals surface area (Å²) in [6.45, 7) is 6.96. The van der Waals surface area contributed by atoms with Gasteiger partial charge >= 0.3 is 0 Å². The first kappa shape index (κ1) is 12.5. The molecular weight excluding hydrogens is 210 g/mol. The maximum atomic E-state index is 4.21. The number of pyridine rings is 1. The van der Waals surface area contributed by atoms with E-state index in [1.54, 1.807) is 0 Å². The van der Waals surface area contributed by atoms with Gasteiger partial charge in [0, 0.05) is 37.6 Å². The average Bonchev–Trinajstić information content (AvgIpc) is 2.39. The van der Waals surface area contributed by atoms with Gasteiger partial charge in [-0.3, -0.25) is 9.88 Å². The van der Waals surface area contributed by atoms with Crippen molar-refractivity contribution in [2.45, 2.75) is 32.4 Å². The molecule has 94 valence electrons. The minimum Gasteiger partial charge on any atom is -0.317 e. The first-order valence-corrected chi connectivity index (χ1v) is 6.53. The van der Waals surface area contributed by atoms with Crippen molar-refractivity contribution in [3.05, 3.63) is 30.1 Å². The summed E-state index contributed by atoms with van der Waals surface area (Å²) in [4.78, 5) is 6.78. The maximum Gasteiger partial charge on any atom is 0.0335 e. The van der Waals surface area contributed by atoms with Crippen molar-refractivity contribution < 1.29 is 0 Å². The molecule has 0 saturated carbocycles. The third-order valence-electron chi connectivity index (χ3n) is 4.02. The summed E-state index contributed by atoms with van der Waals surface area (Å²) in [5.74, 6) is 0.716. The fraction of sp³-hybridized carbons (Fsp3) is 0.643. The molecule has 1 aliphatic rings. The van der Waals surface area contributed by atoms with Crippen LogP contribution in [0.4, 0.5) is 0 Å². The van der Waals surface area contributed by atoms with E-state index in [1.165, 1.54) is 25.1 Å². The summed E-state index contributed by atoms with van der Waals surface area (Å²) in [6.07, 6.45) is 5.06. The molecule has 1 aromatic heterocycles. The Kier molecular flexibility index (Phi) is 4.13. The van der Waals surface area contributed by atoms with Crippen LogP contribution in [0.2, 0.25) is 0 Å². The second-order valence-corrected chi connectivity index (χ2v) is 5.12. The number of likely N-dealkylation sites (tertiary alicyclic amines) is 1. The van der Waals surface area contributed by atoms with Crippen molar-refractivity contribution in [1.29, 1.82) is 0 Å². The van der Waals surface area contributed by atoms with Crippen LogP contribution in [0, 0.1) is 5.92 Å². The van der Waals surface area contributed by atoms with E-state index in [4.69, 9.17) is 0 Å². The van der Waals surface area contributed by atoms with Crippen molar-refractivity contribution in [3.8, 4) is 0 Å². The summed E-state index contributed by atoms with van der Waals surface area (Å²) in [5, 5.41) is 3.41. The fourth-order valence-corrected chi connectivity index (χ4v) is 2.79. The molecule has 0 aromatic carbocycles. The highest BCUT2D eigenvalue weighted by Crippen LogP contribution is 2.25. The first-order valence-electron chi connectivity index (χ1n) is 6.53. The van der Waals surface area contributed by atoms with Crippen LogP contribution in [-0.2, 0) is 0 Å². The zero-order valence-electron chi connectivity index (χ0n) is 11.1. The van der Waals surface area contributed by atoms with E-state index < -0.39 is 0 Å². The minimum atomic E-state index is 0.476. The fourth-order valence-electron chi connectivity index (χ4n) is 2.79. The van der Waals surface area contributed by atoms with Gasteiger partial charge in [0.1, 0.15) is 0 Å². The summed E-state index contributed by atoms with van der Waals surface area (Å²) in [5.41, 5.74) is 1.32. The SMILES string of the molecule is CNC1CCN(C(C)c2cccnc2)CC1C. The van der Waals surface area contributed by atoms with E-state index in [9.17, 15) is 0 Å². The zero-order chi connectivity index (χ0) is 12.3. The molecule has 0 spiro atoms. The van der Waals surface area contributed by atoms with Crippen LogP contribution in [0.5, 0.6) is 0 Å². The summed E-state index contributed by atoms with van der Waals surface area (Å²) < 4.78 is 0. The van der Waals surface area contributed by atoms with Crippen LogP contribution in [-0.4, -0.2) is 36.1 Å². The normalized spacial score (nSPS) is 27.9. The quantitative estimate of drug-likeness (QED) is 0.866. The number of nitrogens with zero attached hydrogens (tertiary/aromatic N) is 2. The van der Waals surface area contributed by atoms with Crippen molar-refractivity contribution in [3.63, 3.8) is 0 Å². The van der Waals surface area contributed by atoms with Gasteiger partial charge in [-0.15, -0.1) is 0 Å². The molecule has 17 heavy (non-hydrogen) atoms. The molecule has 3 nitrogen and oxygen atoms in total. The van der Waals surface area contributed by atoms with Crippen molar-refractivity contribution in [1.82, 2.24) is 15.2 Å². The van der Waals surface area contributed by atoms with Crippen LogP contribution in [0.25, 0.3) is 0 Å². The summed E-state index contributed by atoms with van der Waals surface area (Å²) >= 11 is 0. The zero-order valence-corrected chi connectivity index (χ0v) is 11.1. The van der Waals surface area contributed by atoms with Gasteiger partial charge in [-0.1, -0.05) is 13.0 Å². The molecule has 3 heteroatoms. The molecule has 1 aliphatic heterocycles. The van der Waals surface area contributed by atoms with Gasteiger partial charge in [0.2, 0.25) is 0 Å². The average molecular weight is 233 g/mol. The number of hydrogen-bond donors (Lipinski definition) is 1. The van der Waals surface area contributed by atoms with E-state index in [-0.39, 0.29) is 0 Å². The second kappa shape index (κ2) is 5.61. The number of rotatable bonds is 3. The van der Waals surface area contributed by atoms with Crippen molar-refractivity contribution >= 4 is 0 Å². The Balaban J connectivity index is 2.00. The van der Waals surface area contributed by atoms with E-state index in [0.717, 1.165) is 0 Å². The Hall–Kier alpha value is -0.930. The predicted molar refractivity (Wildman–Crippen MR) is 70.9 cm³/mol. The summed E-state index contributed by atoms with van der Waals surface area (Å²) in [7, 11) is 2.07. The Morgan fingerprint density at radius 1 is 1.53 bits per heavy atom. The Morgan fingerprint density at radius 3 is 2.94 bits per heavy atom. The van der Waals surface area contributed by atoms with Gasteiger partial charge in [0.15, 0.2) is 0 Å². The largest absolute Gasteiger partial charge is 0.317 e. The first-order chi connectivity index (χ1) is 8.22. The molecule has 0 aliphatic carbocycles. The van der Waals surface area contributed by atoms with Gasteiger partial charge < -0.3 is 5.32 Å². The highest BCUT2D eigenvalue weighted by atomic mass is 15.2. The maximum absolute atomic E-state index is 4.21. The van der Waals surface area contributed by atoms with E-state index >= 15 is 0 Å². The van der Waals surface area contributed by atoms with E-state index in [0.29, 0.717) is 18.0 Å². The predicted octanol–water partition coefficient (Wildman–Crippen LogP) is 2.07. The van der Waals surface area contributed by atoms with Crippen molar-refractivity contribution in [2.24, 2.45) is 5.92 Å². The Labute approximate surface area is 104 Å². The molecule has 3 atom stereocenters. The lowest BCUT2D eigenvalue weighted by molar-refractivity contribution is 0.114. The minimum absolute atomic E-state index is 0.476. The van der Waals surface area contributed by atoms with Crippen molar-refractivity contribution in [2.75, 3.05) is 20.1 Å². The molecule has 0 radical (unpaired) electrons.